The fourth-order valence-corrected chi connectivity index (χ4v) is 1.67. The lowest BCUT2D eigenvalue weighted by Crippen LogP contribution is -2.34. The third kappa shape index (κ3) is 7.48. The molecule has 0 saturated heterocycles. The van der Waals surface area contributed by atoms with Gasteiger partial charge in [-0.25, -0.2) is 9.59 Å². The van der Waals surface area contributed by atoms with Gasteiger partial charge in [-0.2, -0.15) is 0 Å². The Morgan fingerprint density at radius 1 is 1.12 bits per heavy atom. The molecule has 2 atom stereocenters. The van der Waals surface area contributed by atoms with E-state index < -0.39 is 11.9 Å². The Balaban J connectivity index is 0.000000304. The number of hydrogen-bond donors (Lipinski definition) is 3. The molecule has 1 aliphatic rings. The molecule has 3 N–H and O–H groups in total. The summed E-state index contributed by atoms with van der Waals surface area (Å²) in [5.41, 5.74) is 0. The van der Waals surface area contributed by atoms with Crippen LogP contribution in [0, 0.1) is 0 Å². The van der Waals surface area contributed by atoms with Gasteiger partial charge in [0.05, 0.1) is 6.10 Å². The standard InChI is InChI=1S/C7H15NO.C4H4O4/c1-8(2)6-4-3-5-7(6)9;5-3(6)1-2-4(7)8/h6-7,9H,3-5H2,1-2H3;1-2H,(H,5,6)(H,7,8)/b;2-1+/t6-,7-;/m0./s1. The number of carboxylic acids is 2. The number of carboxylic acid groups (broad SMARTS) is 2. The Kier molecular flexibility index (Phi) is 7.16. The predicted molar refractivity (Wildman–Crippen MR) is 61.7 cm³/mol. The van der Waals surface area contributed by atoms with Gasteiger partial charge in [-0.05, 0) is 33.4 Å². The summed E-state index contributed by atoms with van der Waals surface area (Å²) in [7, 11) is 4.05. The van der Waals surface area contributed by atoms with E-state index in [4.69, 9.17) is 10.2 Å². The summed E-state index contributed by atoms with van der Waals surface area (Å²) in [5, 5.41) is 24.9. The molecule has 1 aliphatic carbocycles. The first kappa shape index (κ1) is 15.6. The van der Waals surface area contributed by atoms with E-state index >= 15 is 0 Å². The molecule has 6 nitrogen and oxygen atoms in total. The average molecular weight is 245 g/mol. The van der Waals surface area contributed by atoms with Gasteiger partial charge in [0, 0.05) is 18.2 Å². The summed E-state index contributed by atoms with van der Waals surface area (Å²) < 4.78 is 0. The molecule has 0 aromatic carbocycles. The number of hydrogen-bond acceptors (Lipinski definition) is 4. The van der Waals surface area contributed by atoms with Crippen molar-refractivity contribution in [1.29, 1.82) is 0 Å². The van der Waals surface area contributed by atoms with Crippen LogP contribution in [0.5, 0.6) is 0 Å². The van der Waals surface area contributed by atoms with Crippen molar-refractivity contribution in [2.75, 3.05) is 14.1 Å². The van der Waals surface area contributed by atoms with Gasteiger partial charge in [-0.15, -0.1) is 0 Å². The fraction of sp³-hybridized carbons (Fsp3) is 0.636. The molecule has 0 unspecified atom stereocenters. The van der Waals surface area contributed by atoms with Crippen molar-refractivity contribution in [3.8, 4) is 0 Å². The number of aliphatic carboxylic acids is 2. The SMILES string of the molecule is CN(C)[C@H]1CCC[C@@H]1O.O=C(O)/C=C/C(=O)O. The average Bonchev–Trinajstić information content (AvgIpc) is 2.62. The predicted octanol–water partition coefficient (Wildman–Crippen LogP) is 0.173. The minimum absolute atomic E-state index is 0.0694. The van der Waals surface area contributed by atoms with Gasteiger partial charge in [-0.1, -0.05) is 0 Å². The van der Waals surface area contributed by atoms with E-state index in [-0.39, 0.29) is 6.10 Å². The van der Waals surface area contributed by atoms with Crippen LogP contribution in [-0.2, 0) is 9.59 Å². The van der Waals surface area contributed by atoms with Crippen LogP contribution in [0.25, 0.3) is 0 Å². The van der Waals surface area contributed by atoms with Gasteiger partial charge in [0.15, 0.2) is 0 Å². The molecule has 0 radical (unpaired) electrons. The molecule has 0 aromatic heterocycles. The maximum absolute atomic E-state index is 9.55. The number of likely N-dealkylation sites (N-methyl/N-ethyl adjacent to an activating group) is 1. The molecule has 1 fully saturated rings. The lowest BCUT2D eigenvalue weighted by atomic mass is 10.2. The Morgan fingerprint density at radius 3 is 1.76 bits per heavy atom. The van der Waals surface area contributed by atoms with E-state index in [0.717, 1.165) is 12.8 Å². The number of rotatable bonds is 3. The molecular weight excluding hydrogens is 226 g/mol. The van der Waals surface area contributed by atoms with Crippen LogP contribution >= 0.6 is 0 Å². The zero-order valence-electron chi connectivity index (χ0n) is 10.0. The summed E-state index contributed by atoms with van der Waals surface area (Å²) in [6.45, 7) is 0. The van der Waals surface area contributed by atoms with E-state index in [1.807, 2.05) is 14.1 Å². The molecule has 17 heavy (non-hydrogen) atoms. The highest BCUT2D eigenvalue weighted by Crippen LogP contribution is 2.21. The lowest BCUT2D eigenvalue weighted by molar-refractivity contribution is -0.134. The molecule has 0 heterocycles. The number of aliphatic hydroxyl groups is 1. The number of nitrogens with zero attached hydrogens (tertiary/aromatic N) is 1. The minimum Gasteiger partial charge on any atom is -0.478 e. The number of carbonyl (C=O) groups is 2. The first-order valence-corrected chi connectivity index (χ1v) is 5.33. The Labute approximate surface area is 100 Å². The van der Waals surface area contributed by atoms with Crippen LogP contribution in [0.3, 0.4) is 0 Å². The van der Waals surface area contributed by atoms with Gasteiger partial charge in [0.1, 0.15) is 0 Å². The smallest absolute Gasteiger partial charge is 0.328 e. The second kappa shape index (κ2) is 7.81. The molecule has 0 bridgehead atoms. The summed E-state index contributed by atoms with van der Waals surface area (Å²) >= 11 is 0. The summed E-state index contributed by atoms with van der Waals surface area (Å²) in [4.78, 5) is 21.2. The van der Waals surface area contributed by atoms with Crippen molar-refractivity contribution in [3.63, 3.8) is 0 Å². The van der Waals surface area contributed by atoms with Crippen molar-refractivity contribution in [1.82, 2.24) is 4.90 Å². The minimum atomic E-state index is -1.26. The summed E-state index contributed by atoms with van der Waals surface area (Å²) in [5.74, 6) is -2.51. The molecule has 0 aliphatic heterocycles. The highest BCUT2D eigenvalue weighted by molar-refractivity contribution is 5.89. The zero-order valence-corrected chi connectivity index (χ0v) is 10.0. The second-order valence-corrected chi connectivity index (χ2v) is 4.04. The largest absolute Gasteiger partial charge is 0.478 e. The second-order valence-electron chi connectivity index (χ2n) is 4.04. The zero-order chi connectivity index (χ0) is 13.4. The molecular formula is C11H19NO5. The molecule has 0 spiro atoms. The molecule has 6 heteroatoms. The van der Waals surface area contributed by atoms with Crippen LogP contribution in [-0.4, -0.2) is 58.4 Å². The van der Waals surface area contributed by atoms with E-state index in [0.29, 0.717) is 18.2 Å². The van der Waals surface area contributed by atoms with E-state index in [2.05, 4.69) is 4.90 Å². The number of aliphatic hydroxyl groups excluding tert-OH is 1. The van der Waals surface area contributed by atoms with Crippen molar-refractivity contribution in [2.24, 2.45) is 0 Å². The molecule has 0 aromatic rings. The van der Waals surface area contributed by atoms with E-state index in [1.54, 1.807) is 0 Å². The molecule has 0 amide bonds. The van der Waals surface area contributed by atoms with Crippen molar-refractivity contribution in [2.45, 2.75) is 31.4 Å². The maximum Gasteiger partial charge on any atom is 0.328 e. The van der Waals surface area contributed by atoms with Crippen molar-refractivity contribution < 1.29 is 24.9 Å². The van der Waals surface area contributed by atoms with Crippen LogP contribution in [0.2, 0.25) is 0 Å². The highest BCUT2D eigenvalue weighted by atomic mass is 16.4. The molecule has 98 valence electrons. The van der Waals surface area contributed by atoms with Crippen LogP contribution < -0.4 is 0 Å². The van der Waals surface area contributed by atoms with Gasteiger partial charge in [-0.3, -0.25) is 0 Å². The van der Waals surface area contributed by atoms with Crippen molar-refractivity contribution in [3.05, 3.63) is 12.2 Å². The Bertz CT molecular complexity index is 272. The first-order chi connectivity index (χ1) is 7.84. The fourth-order valence-electron chi connectivity index (χ4n) is 1.67. The lowest BCUT2D eigenvalue weighted by Gasteiger charge is -2.21. The van der Waals surface area contributed by atoms with Crippen LogP contribution in [0.4, 0.5) is 0 Å². The first-order valence-electron chi connectivity index (χ1n) is 5.33. The van der Waals surface area contributed by atoms with Gasteiger partial charge < -0.3 is 20.2 Å². The Hall–Kier alpha value is -1.40. The third-order valence-electron chi connectivity index (χ3n) is 2.48. The topological polar surface area (TPSA) is 98.1 Å². The van der Waals surface area contributed by atoms with E-state index in [1.165, 1.54) is 6.42 Å². The van der Waals surface area contributed by atoms with Crippen LogP contribution in [0.1, 0.15) is 19.3 Å². The third-order valence-corrected chi connectivity index (χ3v) is 2.48. The Morgan fingerprint density at radius 2 is 1.59 bits per heavy atom. The molecule has 1 rings (SSSR count). The van der Waals surface area contributed by atoms with Crippen molar-refractivity contribution >= 4 is 11.9 Å². The van der Waals surface area contributed by atoms with Gasteiger partial charge in [0.25, 0.3) is 0 Å². The summed E-state index contributed by atoms with van der Waals surface area (Å²) in [6.07, 6.45) is 4.38. The monoisotopic (exact) mass is 245 g/mol. The normalized spacial score (nSPS) is 23.5. The van der Waals surface area contributed by atoms with Gasteiger partial charge >= 0.3 is 11.9 Å². The summed E-state index contributed by atoms with van der Waals surface area (Å²) in [6, 6.07) is 0.421. The van der Waals surface area contributed by atoms with E-state index in [9.17, 15) is 14.7 Å². The van der Waals surface area contributed by atoms with Crippen LogP contribution in [0.15, 0.2) is 12.2 Å². The maximum atomic E-state index is 9.55. The quantitative estimate of drug-likeness (QED) is 0.613. The van der Waals surface area contributed by atoms with Gasteiger partial charge in [0.2, 0.25) is 0 Å². The highest BCUT2D eigenvalue weighted by Gasteiger charge is 2.26. The molecule has 1 saturated carbocycles.